The molecule has 1 N–H and O–H groups in total. The van der Waals surface area contributed by atoms with Crippen molar-refractivity contribution < 1.29 is 13.7 Å². The molecule has 3 rings (SSSR count). The average molecular weight is 432 g/mol. The van der Waals surface area contributed by atoms with Gasteiger partial charge >= 0.3 is 0 Å². The maximum absolute atomic E-state index is 14.6. The summed E-state index contributed by atoms with van der Waals surface area (Å²) in [5, 5.41) is 6.57. The van der Waals surface area contributed by atoms with Gasteiger partial charge in [0, 0.05) is 5.56 Å². The van der Waals surface area contributed by atoms with Crippen LogP contribution in [-0.4, -0.2) is 20.9 Å². The third kappa shape index (κ3) is 4.60. The monoisotopic (exact) mass is 431 g/mol. The first-order chi connectivity index (χ1) is 13.0. The highest BCUT2D eigenvalue weighted by Gasteiger charge is 2.19. The Balaban J connectivity index is 1.74. The van der Waals surface area contributed by atoms with E-state index in [0.29, 0.717) is 17.3 Å². The Morgan fingerprint density at radius 1 is 1.22 bits per heavy atom. The quantitative estimate of drug-likeness (QED) is 0.586. The highest BCUT2D eigenvalue weighted by Crippen LogP contribution is 2.28. The van der Waals surface area contributed by atoms with E-state index in [1.807, 2.05) is 43.3 Å². The predicted octanol–water partition coefficient (Wildman–Crippen LogP) is 4.43. The van der Waals surface area contributed by atoms with Crippen LogP contribution in [0.25, 0.3) is 11.1 Å². The number of benzene rings is 2. The fourth-order valence-corrected chi connectivity index (χ4v) is 2.78. The summed E-state index contributed by atoms with van der Waals surface area (Å²) in [5.74, 6) is 0.0194. The second kappa shape index (κ2) is 8.43. The Morgan fingerprint density at radius 2 is 1.96 bits per heavy atom. The summed E-state index contributed by atoms with van der Waals surface area (Å²) in [6.45, 7) is 3.77. The molecule has 3 aromatic rings. The van der Waals surface area contributed by atoms with Crippen molar-refractivity contribution in [3.05, 3.63) is 71.6 Å². The molecule has 1 aromatic heterocycles. The molecular formula is C20H19BrFN3O2. The second-order valence-corrected chi connectivity index (χ2v) is 7.58. The smallest absolute Gasteiger partial charge is 0.233 e. The van der Waals surface area contributed by atoms with E-state index in [4.69, 9.17) is 4.52 Å². The van der Waals surface area contributed by atoms with Crippen molar-refractivity contribution in [2.24, 2.45) is 0 Å². The first-order valence-corrected chi connectivity index (χ1v) is 9.46. The van der Waals surface area contributed by atoms with E-state index >= 15 is 0 Å². The Labute approximate surface area is 165 Å². The Bertz CT molecular complexity index is 928. The van der Waals surface area contributed by atoms with Crippen LogP contribution in [-0.2, 0) is 11.3 Å². The second-order valence-electron chi connectivity index (χ2n) is 6.21. The fraction of sp³-hybridized carbons (Fsp3) is 0.250. The summed E-state index contributed by atoms with van der Waals surface area (Å²) < 4.78 is 19.9. The SMILES string of the molecule is CC(Br)C(=O)NCc1noc(C(C)c2ccc(-c3ccccc3)c(F)c2)n1. The number of amides is 1. The van der Waals surface area contributed by atoms with Crippen LogP contribution in [0.2, 0.25) is 0 Å². The van der Waals surface area contributed by atoms with Crippen LogP contribution >= 0.6 is 15.9 Å². The average Bonchev–Trinajstić information content (AvgIpc) is 3.15. The van der Waals surface area contributed by atoms with Gasteiger partial charge < -0.3 is 9.84 Å². The third-order valence-corrected chi connectivity index (χ3v) is 4.63. The summed E-state index contributed by atoms with van der Waals surface area (Å²) in [6, 6.07) is 14.5. The molecule has 0 aliphatic rings. The minimum absolute atomic E-state index is 0.159. The summed E-state index contributed by atoms with van der Waals surface area (Å²) in [4.78, 5) is 15.6. The van der Waals surface area contributed by atoms with Crippen LogP contribution in [0, 0.1) is 5.82 Å². The van der Waals surface area contributed by atoms with Crippen molar-refractivity contribution >= 4 is 21.8 Å². The van der Waals surface area contributed by atoms with Crippen molar-refractivity contribution in [1.82, 2.24) is 15.5 Å². The van der Waals surface area contributed by atoms with Crippen LogP contribution in [0.4, 0.5) is 4.39 Å². The molecule has 0 spiro atoms. The van der Waals surface area contributed by atoms with Gasteiger partial charge in [-0.15, -0.1) is 0 Å². The van der Waals surface area contributed by atoms with Gasteiger partial charge in [0.05, 0.1) is 17.3 Å². The van der Waals surface area contributed by atoms with Gasteiger partial charge in [0.15, 0.2) is 5.82 Å². The third-order valence-electron chi connectivity index (χ3n) is 4.21. The highest BCUT2D eigenvalue weighted by molar-refractivity contribution is 9.10. The minimum Gasteiger partial charge on any atom is -0.348 e. The lowest BCUT2D eigenvalue weighted by atomic mass is 9.97. The molecule has 0 fully saturated rings. The van der Waals surface area contributed by atoms with Crippen LogP contribution in [0.3, 0.4) is 0 Å². The van der Waals surface area contributed by atoms with Gasteiger partial charge in [-0.1, -0.05) is 63.6 Å². The maximum Gasteiger partial charge on any atom is 0.233 e. The molecule has 1 amide bonds. The van der Waals surface area contributed by atoms with Gasteiger partial charge in [-0.3, -0.25) is 4.79 Å². The zero-order valence-corrected chi connectivity index (χ0v) is 16.5. The lowest BCUT2D eigenvalue weighted by molar-refractivity contribution is -0.120. The Morgan fingerprint density at radius 3 is 2.63 bits per heavy atom. The Hall–Kier alpha value is -2.54. The van der Waals surface area contributed by atoms with Gasteiger partial charge in [-0.05, 0) is 31.0 Å². The number of carbonyl (C=O) groups is 1. The van der Waals surface area contributed by atoms with Crippen molar-refractivity contribution in [2.75, 3.05) is 0 Å². The number of rotatable bonds is 6. The van der Waals surface area contributed by atoms with Gasteiger partial charge in [0.1, 0.15) is 5.82 Å². The molecule has 0 aliphatic heterocycles. The van der Waals surface area contributed by atoms with E-state index in [0.717, 1.165) is 11.1 Å². The topological polar surface area (TPSA) is 68.0 Å². The van der Waals surface area contributed by atoms with E-state index in [-0.39, 0.29) is 29.0 Å². The van der Waals surface area contributed by atoms with Gasteiger partial charge in [-0.25, -0.2) is 4.39 Å². The summed E-state index contributed by atoms with van der Waals surface area (Å²) in [7, 11) is 0. The molecular weight excluding hydrogens is 413 g/mol. The first kappa shape index (κ1) is 19.2. The van der Waals surface area contributed by atoms with E-state index in [2.05, 4.69) is 31.4 Å². The minimum atomic E-state index is -0.302. The molecule has 0 aliphatic carbocycles. The lowest BCUT2D eigenvalue weighted by Crippen LogP contribution is -2.29. The number of carbonyl (C=O) groups excluding carboxylic acids is 1. The molecule has 0 saturated carbocycles. The molecule has 140 valence electrons. The summed E-state index contributed by atoms with van der Waals surface area (Å²) in [5.41, 5.74) is 2.11. The van der Waals surface area contributed by atoms with Gasteiger partial charge in [0.25, 0.3) is 0 Å². The van der Waals surface area contributed by atoms with E-state index in [1.165, 1.54) is 6.07 Å². The van der Waals surface area contributed by atoms with Crippen LogP contribution < -0.4 is 5.32 Å². The molecule has 1 heterocycles. The zero-order valence-electron chi connectivity index (χ0n) is 14.9. The standard InChI is InChI=1S/C20H19BrFN3O2/c1-12(20-24-18(25-27-20)11-23-19(26)13(2)21)15-8-9-16(17(22)10-15)14-6-4-3-5-7-14/h3-10,12-13H,11H2,1-2H3,(H,23,26). The van der Waals surface area contributed by atoms with Crippen molar-refractivity contribution in [1.29, 1.82) is 0 Å². The maximum atomic E-state index is 14.6. The summed E-state index contributed by atoms with van der Waals surface area (Å²) >= 11 is 3.19. The van der Waals surface area contributed by atoms with E-state index in [9.17, 15) is 9.18 Å². The van der Waals surface area contributed by atoms with Crippen LogP contribution in [0.5, 0.6) is 0 Å². The van der Waals surface area contributed by atoms with E-state index < -0.39 is 0 Å². The zero-order chi connectivity index (χ0) is 19.4. The molecule has 2 atom stereocenters. The number of halogens is 2. The number of alkyl halides is 1. The predicted molar refractivity (Wildman–Crippen MR) is 104 cm³/mol. The Kier molecular flexibility index (Phi) is 6.01. The number of hydrogen-bond acceptors (Lipinski definition) is 4. The molecule has 2 aromatic carbocycles. The van der Waals surface area contributed by atoms with Crippen molar-refractivity contribution in [3.8, 4) is 11.1 Å². The molecule has 0 saturated heterocycles. The number of hydrogen-bond donors (Lipinski definition) is 1. The normalized spacial score (nSPS) is 13.2. The van der Waals surface area contributed by atoms with Crippen molar-refractivity contribution in [3.63, 3.8) is 0 Å². The van der Waals surface area contributed by atoms with E-state index in [1.54, 1.807) is 13.0 Å². The number of nitrogens with one attached hydrogen (secondary N) is 1. The fourth-order valence-electron chi connectivity index (χ4n) is 2.62. The largest absolute Gasteiger partial charge is 0.348 e. The van der Waals surface area contributed by atoms with Gasteiger partial charge in [0.2, 0.25) is 11.8 Å². The number of aromatic nitrogens is 2. The molecule has 5 nitrogen and oxygen atoms in total. The lowest BCUT2D eigenvalue weighted by Gasteiger charge is -2.10. The molecule has 0 bridgehead atoms. The molecule has 7 heteroatoms. The number of nitrogens with zero attached hydrogens (tertiary/aromatic N) is 2. The summed E-state index contributed by atoms with van der Waals surface area (Å²) in [6.07, 6.45) is 0. The molecule has 2 unspecified atom stereocenters. The highest BCUT2D eigenvalue weighted by atomic mass is 79.9. The van der Waals surface area contributed by atoms with Gasteiger partial charge in [-0.2, -0.15) is 4.98 Å². The van der Waals surface area contributed by atoms with Crippen molar-refractivity contribution in [2.45, 2.75) is 31.1 Å². The van der Waals surface area contributed by atoms with Crippen LogP contribution in [0.1, 0.15) is 37.0 Å². The first-order valence-electron chi connectivity index (χ1n) is 8.55. The molecule has 0 radical (unpaired) electrons. The van der Waals surface area contributed by atoms with Crippen LogP contribution in [0.15, 0.2) is 53.1 Å². The molecule has 27 heavy (non-hydrogen) atoms.